The number of ether oxygens (including phenoxy) is 1. The molecule has 5 rings (SSSR count). The lowest BCUT2D eigenvalue weighted by Gasteiger charge is -2.36. The van der Waals surface area contributed by atoms with Crippen molar-refractivity contribution in [1.82, 2.24) is 25.8 Å². The van der Waals surface area contributed by atoms with Crippen LogP contribution in [0.5, 0.6) is 0 Å². The van der Waals surface area contributed by atoms with Gasteiger partial charge < -0.3 is 30.7 Å². The summed E-state index contributed by atoms with van der Waals surface area (Å²) in [6.07, 6.45) is 4.13. The number of pyridine rings is 1. The van der Waals surface area contributed by atoms with Gasteiger partial charge in [-0.25, -0.2) is 8.78 Å². The van der Waals surface area contributed by atoms with E-state index in [1.54, 1.807) is 17.3 Å². The average Bonchev–Trinajstić information content (AvgIpc) is 3.72. The molecule has 3 heterocycles. The normalized spacial score (nSPS) is 22.7. The van der Waals surface area contributed by atoms with E-state index >= 15 is 0 Å². The quantitative estimate of drug-likeness (QED) is 0.178. The van der Waals surface area contributed by atoms with Crippen molar-refractivity contribution in [2.24, 2.45) is 5.92 Å². The lowest BCUT2D eigenvalue weighted by Crippen LogP contribution is -2.61. The smallest absolute Gasteiger partial charge is 0.249 e. The molecule has 3 amide bonds. The number of aliphatic hydroxyl groups is 1. The second-order valence-corrected chi connectivity index (χ2v) is 13.9. The highest BCUT2D eigenvalue weighted by molar-refractivity contribution is 5.96. The minimum atomic E-state index is -1.17. The zero-order chi connectivity index (χ0) is 36.5. The van der Waals surface area contributed by atoms with E-state index in [4.69, 9.17) is 4.74 Å². The molecule has 2 fully saturated rings. The number of rotatable bonds is 16. The number of nitrogens with zero attached hydrogens (tertiary/aromatic N) is 2. The summed E-state index contributed by atoms with van der Waals surface area (Å²) in [5.74, 6) is -2.87. The Labute approximate surface area is 298 Å². The van der Waals surface area contributed by atoms with Crippen molar-refractivity contribution in [3.8, 4) is 0 Å². The Bertz CT molecular complexity index is 1610. The lowest BCUT2D eigenvalue weighted by atomic mass is 9.81. The van der Waals surface area contributed by atoms with Crippen LogP contribution in [0.3, 0.4) is 0 Å². The van der Waals surface area contributed by atoms with E-state index in [0.29, 0.717) is 38.8 Å². The standard InChI is InChI=1S/C39H49F2N5O5/c1-4-25(2)39(45-26(3)47)14-16-46(38(39)50)35(13-12-27-9-6-5-7-10-27)37(49)44-34(19-29-17-30(40)20-31(41)18-29)36(48)33-21-32(23-43-33)51-24-28-11-8-15-42-22-28/h5-11,15,17-18,20,22,25,32-36,43,48H,4,12-14,16,19,21,23-24H2,1-3H3,(H,44,49)(H,45,47)/t25?,32-,33-,34+,35+,36-,39+/m1/s1. The molecule has 274 valence electrons. The highest BCUT2D eigenvalue weighted by Gasteiger charge is 2.53. The van der Waals surface area contributed by atoms with Crippen LogP contribution < -0.4 is 16.0 Å². The van der Waals surface area contributed by atoms with Gasteiger partial charge in [0.25, 0.3) is 0 Å². The van der Waals surface area contributed by atoms with E-state index in [1.807, 2.05) is 56.3 Å². The number of carbonyl (C=O) groups is 3. The third-order valence-electron chi connectivity index (χ3n) is 10.3. The molecule has 1 aromatic heterocycles. The Morgan fingerprint density at radius 2 is 1.82 bits per heavy atom. The van der Waals surface area contributed by atoms with Crippen LogP contribution in [-0.2, 0) is 38.6 Å². The number of hydrogen-bond donors (Lipinski definition) is 4. The van der Waals surface area contributed by atoms with Gasteiger partial charge in [0, 0.05) is 44.5 Å². The summed E-state index contributed by atoms with van der Waals surface area (Å²) in [4.78, 5) is 46.7. The third kappa shape index (κ3) is 9.55. The molecule has 0 spiro atoms. The number of likely N-dealkylation sites (tertiary alicyclic amines) is 1. The van der Waals surface area contributed by atoms with Crippen molar-refractivity contribution in [2.75, 3.05) is 13.1 Å². The Kier molecular flexibility index (Phi) is 12.9. The van der Waals surface area contributed by atoms with Crippen LogP contribution >= 0.6 is 0 Å². The first-order valence-corrected chi connectivity index (χ1v) is 17.8. The van der Waals surface area contributed by atoms with E-state index < -0.39 is 47.3 Å². The van der Waals surface area contributed by atoms with Crippen molar-refractivity contribution in [3.05, 3.63) is 101 Å². The maximum absolute atomic E-state index is 14.4. The molecule has 0 bridgehead atoms. The summed E-state index contributed by atoms with van der Waals surface area (Å²) in [6, 6.07) is 14.1. The van der Waals surface area contributed by atoms with Gasteiger partial charge in [0.1, 0.15) is 23.2 Å². The molecule has 2 aromatic carbocycles. The van der Waals surface area contributed by atoms with Gasteiger partial charge in [0.15, 0.2) is 0 Å². The molecule has 2 aliphatic rings. The fraction of sp³-hybridized carbons (Fsp3) is 0.487. The maximum Gasteiger partial charge on any atom is 0.249 e. The van der Waals surface area contributed by atoms with E-state index in [0.717, 1.165) is 17.2 Å². The number of amides is 3. The van der Waals surface area contributed by atoms with Crippen molar-refractivity contribution < 1.29 is 33.0 Å². The Morgan fingerprint density at radius 3 is 2.49 bits per heavy atom. The lowest BCUT2D eigenvalue weighted by molar-refractivity contribution is -0.144. The monoisotopic (exact) mass is 705 g/mol. The molecule has 3 aromatic rings. The Balaban J connectivity index is 1.39. The number of aromatic nitrogens is 1. The molecule has 1 unspecified atom stereocenters. The van der Waals surface area contributed by atoms with Gasteiger partial charge in [0.05, 0.1) is 24.9 Å². The second-order valence-electron chi connectivity index (χ2n) is 13.9. The molecule has 2 aliphatic heterocycles. The zero-order valence-electron chi connectivity index (χ0n) is 29.5. The summed E-state index contributed by atoms with van der Waals surface area (Å²) in [5.41, 5.74) is 1.01. The molecule has 10 nitrogen and oxygen atoms in total. The molecule has 4 N–H and O–H groups in total. The number of carbonyl (C=O) groups excluding carboxylic acids is 3. The summed E-state index contributed by atoms with van der Waals surface area (Å²) in [6.45, 7) is 6.31. The van der Waals surface area contributed by atoms with Crippen LogP contribution in [0.2, 0.25) is 0 Å². The van der Waals surface area contributed by atoms with Crippen LogP contribution in [0.25, 0.3) is 0 Å². The van der Waals surface area contributed by atoms with E-state index in [-0.39, 0.29) is 48.8 Å². The summed E-state index contributed by atoms with van der Waals surface area (Å²) >= 11 is 0. The van der Waals surface area contributed by atoms with Crippen molar-refractivity contribution in [3.63, 3.8) is 0 Å². The SMILES string of the molecule is CCC(C)[C@@]1(NC(C)=O)CCN([C@@H](CCc2ccccc2)C(=O)N[C@@H](Cc2cc(F)cc(F)c2)[C@H](O)[C@H]2C[C@@H](OCc3cccnc3)CN2)C1=O. The highest BCUT2D eigenvalue weighted by Crippen LogP contribution is 2.35. The largest absolute Gasteiger partial charge is 0.389 e. The highest BCUT2D eigenvalue weighted by atomic mass is 19.1. The summed E-state index contributed by atoms with van der Waals surface area (Å²) < 4.78 is 34.7. The molecule has 0 saturated carbocycles. The minimum Gasteiger partial charge on any atom is -0.389 e. The first-order valence-electron chi connectivity index (χ1n) is 17.8. The van der Waals surface area contributed by atoms with Gasteiger partial charge in [-0.1, -0.05) is 56.7 Å². The number of nitrogens with one attached hydrogen (secondary N) is 3. The molecule has 51 heavy (non-hydrogen) atoms. The molecule has 2 saturated heterocycles. The number of halogens is 2. The predicted molar refractivity (Wildman–Crippen MR) is 188 cm³/mol. The van der Waals surface area contributed by atoms with Crippen LogP contribution in [-0.4, -0.2) is 81.7 Å². The summed E-state index contributed by atoms with van der Waals surface area (Å²) in [7, 11) is 0. The minimum absolute atomic E-state index is 0.0664. The van der Waals surface area contributed by atoms with Gasteiger partial charge in [-0.2, -0.15) is 0 Å². The van der Waals surface area contributed by atoms with Crippen LogP contribution in [0.4, 0.5) is 8.78 Å². The van der Waals surface area contributed by atoms with Crippen LogP contribution in [0.15, 0.2) is 73.1 Å². The van der Waals surface area contributed by atoms with Gasteiger partial charge in [-0.05, 0) is 72.9 Å². The second kappa shape index (κ2) is 17.3. The zero-order valence-corrected chi connectivity index (χ0v) is 29.5. The predicted octanol–water partition coefficient (Wildman–Crippen LogP) is 3.85. The van der Waals surface area contributed by atoms with E-state index in [9.17, 15) is 28.3 Å². The van der Waals surface area contributed by atoms with E-state index in [2.05, 4.69) is 20.9 Å². The Morgan fingerprint density at radius 1 is 1.10 bits per heavy atom. The number of aliphatic hydroxyl groups excluding tert-OH is 1. The fourth-order valence-electron chi connectivity index (χ4n) is 7.41. The number of aryl methyl sites for hydroxylation is 1. The number of hydrogen-bond acceptors (Lipinski definition) is 7. The van der Waals surface area contributed by atoms with Crippen molar-refractivity contribution >= 4 is 17.7 Å². The fourth-order valence-corrected chi connectivity index (χ4v) is 7.41. The van der Waals surface area contributed by atoms with Gasteiger partial charge in [-0.3, -0.25) is 19.4 Å². The maximum atomic E-state index is 14.4. The molecule has 7 atom stereocenters. The number of benzene rings is 2. The average molecular weight is 706 g/mol. The summed E-state index contributed by atoms with van der Waals surface area (Å²) in [5, 5.41) is 21.0. The molecule has 0 aliphatic carbocycles. The first kappa shape index (κ1) is 38.0. The van der Waals surface area contributed by atoms with Crippen molar-refractivity contribution in [1.29, 1.82) is 0 Å². The molecular formula is C39H49F2N5O5. The molecule has 0 radical (unpaired) electrons. The van der Waals surface area contributed by atoms with E-state index in [1.165, 1.54) is 19.1 Å². The van der Waals surface area contributed by atoms with Crippen molar-refractivity contribution in [2.45, 2.75) is 102 Å². The topological polar surface area (TPSA) is 133 Å². The van der Waals surface area contributed by atoms with Gasteiger partial charge in [0.2, 0.25) is 17.7 Å². The third-order valence-corrected chi connectivity index (χ3v) is 10.3. The van der Waals surface area contributed by atoms with Gasteiger partial charge in [-0.15, -0.1) is 0 Å². The van der Waals surface area contributed by atoms with Gasteiger partial charge >= 0.3 is 0 Å². The Hall–Kier alpha value is -4.26. The van der Waals surface area contributed by atoms with Crippen LogP contribution in [0.1, 0.15) is 63.1 Å². The molecular weight excluding hydrogens is 656 g/mol. The first-order chi connectivity index (χ1) is 24.5. The molecule has 12 heteroatoms. The van der Waals surface area contributed by atoms with Crippen LogP contribution in [0, 0.1) is 17.6 Å².